The number of para-hydroxylation sites is 6. The lowest BCUT2D eigenvalue weighted by Gasteiger charge is -2.17. The molecule has 0 fully saturated rings. The van der Waals surface area contributed by atoms with Crippen molar-refractivity contribution in [2.45, 2.75) is 0 Å². The van der Waals surface area contributed by atoms with Gasteiger partial charge in [-0.15, -0.1) is 0 Å². The lowest BCUT2D eigenvalue weighted by molar-refractivity contribution is 1.08. The standard InChI is InChI=1S/C53H32N6/c54-31-45-43(34-25-27-52(55-32-34)58-48-21-9-3-15-39(48)40-16-4-10-22-49(40)58)29-36(57-46-19-7-1-13-37(46)38-14-2-8-20-47(38)57)30-44(45)35-26-28-53(56-33-35)59-50-23-11-5-17-41(50)42-18-6-12-24-51(42)59/h1-30,32-33H. The number of nitriles is 1. The fraction of sp³-hybridized carbons (Fsp3) is 0. The zero-order valence-corrected chi connectivity index (χ0v) is 31.7. The van der Waals surface area contributed by atoms with Crippen LogP contribution in [0.3, 0.4) is 0 Å². The fourth-order valence-corrected chi connectivity index (χ4v) is 9.23. The molecule has 0 atom stereocenters. The Balaban J connectivity index is 1.07. The number of pyridine rings is 2. The Bertz CT molecular complexity index is 3330. The summed E-state index contributed by atoms with van der Waals surface area (Å²) in [5, 5.41) is 18.1. The maximum atomic E-state index is 11.1. The predicted molar refractivity (Wildman–Crippen MR) is 241 cm³/mol. The van der Waals surface area contributed by atoms with Crippen LogP contribution in [0, 0.1) is 11.3 Å². The third-order valence-electron chi connectivity index (χ3n) is 11.8. The minimum Gasteiger partial charge on any atom is -0.309 e. The van der Waals surface area contributed by atoms with Crippen LogP contribution >= 0.6 is 0 Å². The smallest absolute Gasteiger partial charge is 0.137 e. The highest BCUT2D eigenvalue weighted by molar-refractivity contribution is 6.11. The van der Waals surface area contributed by atoms with Gasteiger partial charge in [-0.1, -0.05) is 109 Å². The molecule has 5 heterocycles. The van der Waals surface area contributed by atoms with Crippen molar-refractivity contribution in [3.63, 3.8) is 0 Å². The van der Waals surface area contributed by atoms with Gasteiger partial charge in [0.15, 0.2) is 0 Å². The molecule has 6 heteroatoms. The molecule has 0 aliphatic carbocycles. The normalized spacial score (nSPS) is 11.7. The maximum Gasteiger partial charge on any atom is 0.137 e. The van der Waals surface area contributed by atoms with E-state index in [-0.39, 0.29) is 0 Å². The number of fused-ring (bicyclic) bond motifs is 9. The largest absolute Gasteiger partial charge is 0.309 e. The first kappa shape index (κ1) is 32.9. The zero-order valence-electron chi connectivity index (χ0n) is 31.7. The van der Waals surface area contributed by atoms with Gasteiger partial charge < -0.3 is 4.57 Å². The van der Waals surface area contributed by atoms with E-state index < -0.39 is 0 Å². The summed E-state index contributed by atoms with van der Waals surface area (Å²) < 4.78 is 6.73. The lowest BCUT2D eigenvalue weighted by Crippen LogP contribution is -2.01. The van der Waals surface area contributed by atoms with Gasteiger partial charge in [0.1, 0.15) is 17.7 Å². The third kappa shape index (κ3) is 4.92. The Morgan fingerprint density at radius 3 is 0.949 bits per heavy atom. The SMILES string of the molecule is N#Cc1c(-c2ccc(-n3c4ccccc4c4ccccc43)nc2)cc(-n2c3ccccc3c3ccccc32)cc1-c1ccc(-n2c3ccccc3c3ccccc32)nc1. The number of rotatable bonds is 5. The number of aromatic nitrogens is 5. The number of hydrogen-bond donors (Lipinski definition) is 0. The average Bonchev–Trinajstić information content (AvgIpc) is 3.95. The molecule has 0 N–H and O–H groups in total. The molecule has 5 aromatic heterocycles. The minimum absolute atomic E-state index is 0.562. The molecule has 0 amide bonds. The van der Waals surface area contributed by atoms with Crippen molar-refractivity contribution in [1.29, 1.82) is 5.26 Å². The average molecular weight is 753 g/mol. The molecule has 0 aliphatic rings. The molecule has 0 saturated carbocycles. The van der Waals surface area contributed by atoms with Gasteiger partial charge in [0.05, 0.1) is 38.7 Å². The summed E-state index contributed by atoms with van der Waals surface area (Å²) in [6, 6.07) is 66.0. The van der Waals surface area contributed by atoms with Gasteiger partial charge in [-0.3, -0.25) is 9.13 Å². The summed E-state index contributed by atoms with van der Waals surface area (Å²) >= 11 is 0. The van der Waals surface area contributed by atoms with E-state index in [2.05, 4.69) is 202 Å². The van der Waals surface area contributed by atoms with Crippen molar-refractivity contribution in [3.05, 3.63) is 200 Å². The van der Waals surface area contributed by atoms with Crippen molar-refractivity contribution in [3.8, 4) is 45.6 Å². The van der Waals surface area contributed by atoms with Crippen LogP contribution in [-0.4, -0.2) is 23.7 Å². The van der Waals surface area contributed by atoms with Crippen LogP contribution in [-0.2, 0) is 0 Å². The van der Waals surface area contributed by atoms with Crippen LogP contribution in [0.25, 0.3) is 105 Å². The van der Waals surface area contributed by atoms with Crippen LogP contribution in [0.15, 0.2) is 194 Å². The highest BCUT2D eigenvalue weighted by atomic mass is 15.1. The first-order chi connectivity index (χ1) is 29.2. The highest BCUT2D eigenvalue weighted by Gasteiger charge is 2.21. The van der Waals surface area contributed by atoms with Gasteiger partial charge in [0.2, 0.25) is 0 Å². The molecule has 0 aliphatic heterocycles. The van der Waals surface area contributed by atoms with Crippen molar-refractivity contribution < 1.29 is 0 Å². The quantitative estimate of drug-likeness (QED) is 0.176. The first-order valence-electron chi connectivity index (χ1n) is 19.7. The summed E-state index contributed by atoms with van der Waals surface area (Å²) in [6.07, 6.45) is 3.80. The maximum absolute atomic E-state index is 11.1. The Kier molecular flexibility index (Phi) is 7.19. The molecule has 59 heavy (non-hydrogen) atoms. The molecule has 12 aromatic rings. The second-order valence-electron chi connectivity index (χ2n) is 14.9. The molecule has 0 saturated heterocycles. The van der Waals surface area contributed by atoms with Gasteiger partial charge in [-0.25, -0.2) is 9.97 Å². The predicted octanol–water partition coefficient (Wildman–Crippen LogP) is 13.0. The van der Waals surface area contributed by atoms with Gasteiger partial charge in [-0.05, 0) is 72.8 Å². The van der Waals surface area contributed by atoms with Crippen LogP contribution in [0.4, 0.5) is 0 Å². The van der Waals surface area contributed by atoms with E-state index in [0.29, 0.717) is 5.56 Å². The molecule has 0 unspecified atom stereocenters. The second-order valence-corrected chi connectivity index (χ2v) is 14.9. The lowest BCUT2D eigenvalue weighted by atomic mass is 9.92. The van der Waals surface area contributed by atoms with Crippen LogP contribution in [0.1, 0.15) is 5.56 Å². The zero-order chi connectivity index (χ0) is 39.0. The molecule has 274 valence electrons. The molecule has 0 radical (unpaired) electrons. The van der Waals surface area contributed by atoms with Gasteiger partial charge in [0, 0.05) is 72.7 Å². The van der Waals surface area contributed by atoms with Crippen molar-refractivity contribution in [2.24, 2.45) is 0 Å². The van der Waals surface area contributed by atoms with E-state index >= 15 is 0 Å². The van der Waals surface area contributed by atoms with Crippen molar-refractivity contribution >= 4 is 65.4 Å². The molecular weight excluding hydrogens is 721 g/mol. The topological polar surface area (TPSA) is 64.4 Å². The number of nitrogens with zero attached hydrogens (tertiary/aromatic N) is 6. The molecule has 12 rings (SSSR count). The van der Waals surface area contributed by atoms with E-state index in [1.807, 2.05) is 12.4 Å². The minimum atomic E-state index is 0.562. The summed E-state index contributed by atoms with van der Waals surface area (Å²) in [5.74, 6) is 1.63. The number of hydrogen-bond acceptors (Lipinski definition) is 3. The third-order valence-corrected chi connectivity index (χ3v) is 11.8. The van der Waals surface area contributed by atoms with Crippen LogP contribution in [0.5, 0.6) is 0 Å². The Labute approximate surface area is 338 Å². The number of benzene rings is 7. The highest BCUT2D eigenvalue weighted by Crippen LogP contribution is 2.40. The molecule has 6 nitrogen and oxygen atoms in total. The van der Waals surface area contributed by atoms with Crippen molar-refractivity contribution in [2.75, 3.05) is 0 Å². The Morgan fingerprint density at radius 1 is 0.356 bits per heavy atom. The van der Waals surface area contributed by atoms with E-state index in [4.69, 9.17) is 9.97 Å². The van der Waals surface area contributed by atoms with Gasteiger partial charge in [-0.2, -0.15) is 5.26 Å². The van der Waals surface area contributed by atoms with Gasteiger partial charge >= 0.3 is 0 Å². The first-order valence-corrected chi connectivity index (χ1v) is 19.7. The summed E-state index contributed by atoms with van der Waals surface area (Å²) in [7, 11) is 0. The van der Waals surface area contributed by atoms with E-state index in [9.17, 15) is 5.26 Å². The van der Waals surface area contributed by atoms with E-state index in [0.717, 1.165) is 72.7 Å². The summed E-state index contributed by atoms with van der Waals surface area (Å²) in [5.41, 5.74) is 11.4. The monoisotopic (exact) mass is 752 g/mol. The Hall–Kier alpha value is -8.27. The van der Waals surface area contributed by atoms with E-state index in [1.165, 1.54) is 32.3 Å². The molecular formula is C53H32N6. The van der Waals surface area contributed by atoms with Crippen LogP contribution in [0.2, 0.25) is 0 Å². The molecule has 7 aromatic carbocycles. The van der Waals surface area contributed by atoms with Crippen molar-refractivity contribution in [1.82, 2.24) is 23.7 Å². The van der Waals surface area contributed by atoms with Crippen LogP contribution < -0.4 is 0 Å². The van der Waals surface area contributed by atoms with E-state index in [1.54, 1.807) is 0 Å². The fourth-order valence-electron chi connectivity index (χ4n) is 9.23. The second kappa shape index (κ2) is 12.9. The summed E-state index contributed by atoms with van der Waals surface area (Å²) in [6.45, 7) is 0. The molecule has 0 spiro atoms. The Morgan fingerprint density at radius 2 is 0.661 bits per heavy atom. The molecule has 0 bridgehead atoms. The van der Waals surface area contributed by atoms with Gasteiger partial charge in [0.25, 0.3) is 0 Å². The summed E-state index contributed by atoms with van der Waals surface area (Å²) in [4.78, 5) is 10.2.